The van der Waals surface area contributed by atoms with E-state index in [2.05, 4.69) is 31.9 Å². The van der Waals surface area contributed by atoms with Gasteiger partial charge < -0.3 is 14.9 Å². The van der Waals surface area contributed by atoms with Crippen LogP contribution in [0.4, 0.5) is 0 Å². The molecule has 0 spiro atoms. The molecule has 0 heterocycles. The van der Waals surface area contributed by atoms with Crippen molar-refractivity contribution in [3.8, 4) is 0 Å². The van der Waals surface area contributed by atoms with Crippen LogP contribution in [0.1, 0.15) is 53.9 Å². The van der Waals surface area contributed by atoms with Crippen molar-refractivity contribution in [1.29, 1.82) is 0 Å². The van der Waals surface area contributed by atoms with Gasteiger partial charge in [-0.2, -0.15) is 0 Å². The maximum absolute atomic E-state index is 11.8. The smallest absolute Gasteiger partial charge is 0.303 e. The largest absolute Gasteiger partial charge is 0.459 e. The van der Waals surface area contributed by atoms with E-state index in [4.69, 9.17) is 16.3 Å². The Morgan fingerprint density at radius 1 is 1.17 bits per heavy atom. The average Bonchev–Trinajstić information content (AvgIpc) is 2.57. The Morgan fingerprint density at radius 3 is 2.12 bits per heavy atom. The van der Waals surface area contributed by atoms with E-state index in [0.29, 0.717) is 19.3 Å². The molecule has 2 rings (SSSR count). The van der Waals surface area contributed by atoms with Crippen molar-refractivity contribution in [2.45, 2.75) is 86.2 Å². The van der Waals surface area contributed by atoms with Gasteiger partial charge in [0.15, 0.2) is 0 Å². The highest BCUT2D eigenvalue weighted by Gasteiger charge is 2.70. The number of hydrogen-bond donors (Lipinski definition) is 2. The summed E-state index contributed by atoms with van der Waals surface area (Å²) < 4.78 is 5.52. The molecular formula is C17H27Br2ClO4. The number of ether oxygens (including phenoxy) is 1. The fourth-order valence-electron chi connectivity index (χ4n) is 4.49. The molecule has 0 saturated heterocycles. The van der Waals surface area contributed by atoms with Crippen LogP contribution in [0.25, 0.3) is 0 Å². The molecule has 2 saturated carbocycles. The van der Waals surface area contributed by atoms with E-state index in [1.807, 2.05) is 27.7 Å². The standard InChI is InChI=1S/C17H27Br2ClO4/c1-9(21)24-13-8-15(4,20)11(19)7-17(13,23)16(5)12(22)6-10(18)14(16,2)3/h10-13,22-23H,6-8H2,1-5H3/t10-,11-,12+,13?,15-,16+,17-/m0/s1. The summed E-state index contributed by atoms with van der Waals surface area (Å²) in [6.45, 7) is 9.16. The zero-order valence-electron chi connectivity index (χ0n) is 14.8. The second-order valence-corrected chi connectivity index (χ2v) is 11.4. The van der Waals surface area contributed by atoms with Crippen LogP contribution >= 0.6 is 43.5 Å². The minimum Gasteiger partial charge on any atom is -0.459 e. The molecule has 140 valence electrons. The Labute approximate surface area is 165 Å². The first-order valence-corrected chi connectivity index (χ1v) is 10.5. The van der Waals surface area contributed by atoms with Gasteiger partial charge in [-0.05, 0) is 25.2 Å². The lowest BCUT2D eigenvalue weighted by atomic mass is 9.53. The minimum atomic E-state index is -1.40. The van der Waals surface area contributed by atoms with Crippen LogP contribution in [0.3, 0.4) is 0 Å². The maximum atomic E-state index is 11.8. The van der Waals surface area contributed by atoms with Gasteiger partial charge in [-0.25, -0.2) is 0 Å². The summed E-state index contributed by atoms with van der Waals surface area (Å²) in [5, 5.41) is 22.7. The number of rotatable bonds is 2. The summed E-state index contributed by atoms with van der Waals surface area (Å²) >= 11 is 13.9. The lowest BCUT2D eigenvalue weighted by Crippen LogP contribution is -2.69. The molecule has 0 aromatic carbocycles. The van der Waals surface area contributed by atoms with Gasteiger partial charge in [0.1, 0.15) is 11.7 Å². The fraction of sp³-hybridized carbons (Fsp3) is 0.941. The number of carbonyl (C=O) groups excluding carboxylic acids is 1. The summed E-state index contributed by atoms with van der Waals surface area (Å²) in [6.07, 6.45) is -0.362. The molecule has 0 amide bonds. The molecule has 0 bridgehead atoms. The third kappa shape index (κ3) is 2.88. The van der Waals surface area contributed by atoms with E-state index >= 15 is 0 Å². The quantitative estimate of drug-likeness (QED) is 0.457. The van der Waals surface area contributed by atoms with Crippen LogP contribution in [-0.2, 0) is 9.53 Å². The highest BCUT2D eigenvalue weighted by atomic mass is 79.9. The van der Waals surface area contributed by atoms with E-state index in [0.717, 1.165) is 0 Å². The molecule has 7 atom stereocenters. The van der Waals surface area contributed by atoms with E-state index in [9.17, 15) is 15.0 Å². The highest BCUT2D eigenvalue weighted by molar-refractivity contribution is 9.09. The van der Waals surface area contributed by atoms with Gasteiger partial charge in [-0.3, -0.25) is 4.79 Å². The fourth-order valence-corrected chi connectivity index (χ4v) is 6.22. The molecule has 24 heavy (non-hydrogen) atoms. The topological polar surface area (TPSA) is 66.8 Å². The Bertz CT molecular complexity index is 527. The molecule has 0 aromatic rings. The zero-order chi connectivity index (χ0) is 18.7. The van der Waals surface area contributed by atoms with Crippen LogP contribution in [0.15, 0.2) is 0 Å². The van der Waals surface area contributed by atoms with Crippen LogP contribution < -0.4 is 0 Å². The number of aliphatic hydroxyl groups is 2. The summed E-state index contributed by atoms with van der Waals surface area (Å²) in [5.41, 5.74) is -2.67. The van der Waals surface area contributed by atoms with Crippen molar-refractivity contribution < 1.29 is 19.7 Å². The average molecular weight is 491 g/mol. The van der Waals surface area contributed by atoms with E-state index < -0.39 is 39.5 Å². The number of hydrogen-bond acceptors (Lipinski definition) is 4. The highest BCUT2D eigenvalue weighted by Crippen LogP contribution is 2.64. The Kier molecular flexibility index (Phi) is 5.55. The van der Waals surface area contributed by atoms with Gasteiger partial charge in [0.25, 0.3) is 0 Å². The first-order chi connectivity index (χ1) is 10.7. The van der Waals surface area contributed by atoms with Crippen molar-refractivity contribution in [3.05, 3.63) is 0 Å². The van der Waals surface area contributed by atoms with Gasteiger partial charge in [-0.15, -0.1) is 11.6 Å². The van der Waals surface area contributed by atoms with Crippen molar-refractivity contribution in [1.82, 2.24) is 0 Å². The first-order valence-electron chi connectivity index (χ1n) is 8.25. The first kappa shape index (κ1) is 20.9. The third-order valence-corrected chi connectivity index (χ3v) is 10.2. The van der Waals surface area contributed by atoms with Gasteiger partial charge in [0.2, 0.25) is 0 Å². The molecular weight excluding hydrogens is 463 g/mol. The Hall–Kier alpha value is 0.640. The van der Waals surface area contributed by atoms with Crippen molar-refractivity contribution in [2.24, 2.45) is 10.8 Å². The molecule has 1 unspecified atom stereocenters. The third-order valence-electron chi connectivity index (χ3n) is 6.69. The lowest BCUT2D eigenvalue weighted by molar-refractivity contribution is -0.236. The van der Waals surface area contributed by atoms with Crippen molar-refractivity contribution in [3.63, 3.8) is 0 Å². The van der Waals surface area contributed by atoms with Crippen LogP contribution in [0.5, 0.6) is 0 Å². The summed E-state index contributed by atoms with van der Waals surface area (Å²) in [4.78, 5) is 10.9. The predicted molar refractivity (Wildman–Crippen MR) is 102 cm³/mol. The molecule has 0 aromatic heterocycles. The number of halogens is 3. The lowest BCUT2D eigenvalue weighted by Gasteiger charge is -2.59. The molecule has 7 heteroatoms. The minimum absolute atomic E-state index is 0.0464. The van der Waals surface area contributed by atoms with Crippen molar-refractivity contribution in [2.75, 3.05) is 0 Å². The van der Waals surface area contributed by atoms with Gasteiger partial charge in [-0.1, -0.05) is 52.6 Å². The van der Waals surface area contributed by atoms with Gasteiger partial charge in [0, 0.05) is 28.4 Å². The van der Waals surface area contributed by atoms with E-state index in [1.54, 1.807) is 0 Å². The summed E-state index contributed by atoms with van der Waals surface area (Å²) in [7, 11) is 0. The molecule has 2 fully saturated rings. The Morgan fingerprint density at radius 2 is 1.71 bits per heavy atom. The zero-order valence-corrected chi connectivity index (χ0v) is 18.7. The second kappa shape index (κ2) is 6.36. The number of esters is 1. The molecule has 0 aliphatic heterocycles. The number of alkyl halides is 3. The summed E-state index contributed by atoms with van der Waals surface area (Å²) in [6, 6.07) is 0. The number of carbonyl (C=O) groups is 1. The predicted octanol–water partition coefficient (Wildman–Crippen LogP) is 3.76. The molecule has 4 nitrogen and oxygen atoms in total. The molecule has 0 radical (unpaired) electrons. The second-order valence-electron chi connectivity index (χ2n) is 8.32. The molecule has 2 aliphatic carbocycles. The Balaban J connectivity index is 2.56. The van der Waals surface area contributed by atoms with E-state index in [1.165, 1.54) is 6.92 Å². The van der Waals surface area contributed by atoms with Crippen LogP contribution in [-0.4, -0.2) is 48.5 Å². The number of aliphatic hydroxyl groups excluding tert-OH is 1. The van der Waals surface area contributed by atoms with Gasteiger partial charge >= 0.3 is 5.97 Å². The monoisotopic (exact) mass is 488 g/mol. The van der Waals surface area contributed by atoms with Gasteiger partial charge in [0.05, 0.1) is 11.0 Å². The normalized spacial score (nSPS) is 51.4. The summed E-state index contributed by atoms with van der Waals surface area (Å²) in [5.74, 6) is -0.455. The van der Waals surface area contributed by atoms with Crippen LogP contribution in [0, 0.1) is 10.8 Å². The van der Waals surface area contributed by atoms with E-state index in [-0.39, 0.29) is 9.65 Å². The van der Waals surface area contributed by atoms with Crippen LogP contribution in [0.2, 0.25) is 0 Å². The molecule has 2 N–H and O–H groups in total. The molecule has 2 aliphatic rings. The SMILES string of the molecule is CC(=O)OC1C[C@](C)(Cl)[C@@H](Br)C[C@@]1(O)[C@]1(C)[C@H](O)C[C@H](Br)C1(C)C. The maximum Gasteiger partial charge on any atom is 0.303 e. The van der Waals surface area contributed by atoms with Crippen molar-refractivity contribution >= 4 is 49.4 Å².